The Labute approximate surface area is 148 Å². The minimum Gasteiger partial charge on any atom is -0.501 e. The summed E-state index contributed by atoms with van der Waals surface area (Å²) in [6, 6.07) is 0. The van der Waals surface area contributed by atoms with E-state index in [9.17, 15) is 9.90 Å². The largest absolute Gasteiger partial charge is 0.501 e. The molecule has 4 rings (SSSR count). The van der Waals surface area contributed by atoms with Gasteiger partial charge in [0.15, 0.2) is 0 Å². The summed E-state index contributed by atoms with van der Waals surface area (Å²) >= 11 is 0. The fraction of sp³-hybridized carbons (Fsp3) is 0.476. The second-order valence-corrected chi connectivity index (χ2v) is 7.28. The van der Waals surface area contributed by atoms with E-state index in [-0.39, 0.29) is 0 Å². The SMILES string of the molecule is COC1=CCC2=C(C1)CC1=C(C2)C(C(=O)O)C2=C(CC(OC)=CC2)C1. The molecular weight excluding hydrogens is 316 g/mol. The van der Waals surface area contributed by atoms with Gasteiger partial charge in [-0.05, 0) is 55.4 Å². The number of hydrogen-bond acceptors (Lipinski definition) is 3. The normalized spacial score (nSPS) is 25.6. The molecule has 0 aliphatic heterocycles. The van der Waals surface area contributed by atoms with E-state index in [1.165, 1.54) is 22.3 Å². The zero-order valence-corrected chi connectivity index (χ0v) is 14.9. The van der Waals surface area contributed by atoms with Crippen LogP contribution in [0, 0.1) is 5.92 Å². The van der Waals surface area contributed by atoms with E-state index in [0.29, 0.717) is 6.42 Å². The highest BCUT2D eigenvalue weighted by atomic mass is 16.5. The fourth-order valence-electron chi connectivity index (χ4n) is 4.72. The molecule has 1 N–H and O–H groups in total. The number of methoxy groups -OCH3 is 2. The Morgan fingerprint density at radius 2 is 1.44 bits per heavy atom. The number of ether oxygens (including phenoxy) is 2. The molecule has 25 heavy (non-hydrogen) atoms. The lowest BCUT2D eigenvalue weighted by Gasteiger charge is -2.37. The van der Waals surface area contributed by atoms with Gasteiger partial charge in [-0.3, -0.25) is 4.79 Å². The molecule has 0 aromatic carbocycles. The molecule has 0 spiro atoms. The van der Waals surface area contributed by atoms with Gasteiger partial charge in [0.2, 0.25) is 0 Å². The summed E-state index contributed by atoms with van der Waals surface area (Å²) in [5.74, 6) is 0.845. The lowest BCUT2D eigenvalue weighted by Crippen LogP contribution is -2.28. The van der Waals surface area contributed by atoms with Crippen LogP contribution in [-0.4, -0.2) is 25.3 Å². The van der Waals surface area contributed by atoms with Gasteiger partial charge < -0.3 is 14.6 Å². The zero-order valence-electron chi connectivity index (χ0n) is 14.9. The molecule has 0 aromatic heterocycles. The second kappa shape index (κ2) is 6.25. The Morgan fingerprint density at radius 3 is 2.12 bits per heavy atom. The van der Waals surface area contributed by atoms with Gasteiger partial charge in [0.1, 0.15) is 0 Å². The molecule has 132 valence electrons. The lowest BCUT2D eigenvalue weighted by molar-refractivity contribution is -0.139. The summed E-state index contributed by atoms with van der Waals surface area (Å²) in [5.41, 5.74) is 7.66. The van der Waals surface area contributed by atoms with Crippen molar-refractivity contribution in [2.45, 2.75) is 44.9 Å². The van der Waals surface area contributed by atoms with Crippen LogP contribution in [-0.2, 0) is 14.3 Å². The molecule has 4 heteroatoms. The van der Waals surface area contributed by atoms with Crippen LogP contribution in [0.25, 0.3) is 0 Å². The van der Waals surface area contributed by atoms with Gasteiger partial charge in [-0.15, -0.1) is 0 Å². The third-order valence-corrected chi connectivity index (χ3v) is 6.03. The van der Waals surface area contributed by atoms with Crippen molar-refractivity contribution in [3.63, 3.8) is 0 Å². The van der Waals surface area contributed by atoms with Crippen molar-refractivity contribution in [1.29, 1.82) is 0 Å². The van der Waals surface area contributed by atoms with Crippen molar-refractivity contribution < 1.29 is 19.4 Å². The molecule has 4 nitrogen and oxygen atoms in total. The van der Waals surface area contributed by atoms with Gasteiger partial charge in [-0.25, -0.2) is 0 Å². The van der Waals surface area contributed by atoms with Crippen LogP contribution in [0.1, 0.15) is 44.9 Å². The maximum absolute atomic E-state index is 12.1. The Kier molecular flexibility index (Phi) is 4.06. The van der Waals surface area contributed by atoms with E-state index >= 15 is 0 Å². The predicted molar refractivity (Wildman–Crippen MR) is 94.7 cm³/mol. The average molecular weight is 340 g/mol. The topological polar surface area (TPSA) is 55.8 Å². The molecule has 0 bridgehead atoms. The zero-order chi connectivity index (χ0) is 17.6. The van der Waals surface area contributed by atoms with Crippen LogP contribution < -0.4 is 0 Å². The maximum atomic E-state index is 12.1. The first-order chi connectivity index (χ1) is 12.1. The molecule has 0 saturated carbocycles. The molecule has 1 unspecified atom stereocenters. The van der Waals surface area contributed by atoms with Gasteiger partial charge >= 0.3 is 5.97 Å². The minimum atomic E-state index is -0.707. The molecule has 4 aliphatic carbocycles. The average Bonchev–Trinajstić information content (AvgIpc) is 2.63. The van der Waals surface area contributed by atoms with Crippen molar-refractivity contribution in [2.24, 2.45) is 5.92 Å². The Hall–Kier alpha value is -2.23. The van der Waals surface area contributed by atoms with Crippen LogP contribution >= 0.6 is 0 Å². The standard InChI is InChI=1S/C21H24O4/c1-24-16-4-3-12-11-19-14(7-13(12)9-16)8-15-10-17(25-2)5-6-18(15)20(19)21(22)23/h4-5,20H,3,6-11H2,1-2H3,(H,22,23). The quantitative estimate of drug-likeness (QED) is 0.773. The first kappa shape index (κ1) is 16.2. The third kappa shape index (κ3) is 2.74. The molecule has 0 heterocycles. The molecular formula is C21H24O4. The molecule has 0 fully saturated rings. The number of rotatable bonds is 3. The van der Waals surface area contributed by atoms with Crippen LogP contribution in [0.15, 0.2) is 57.1 Å². The summed E-state index contributed by atoms with van der Waals surface area (Å²) in [7, 11) is 3.42. The highest BCUT2D eigenvalue weighted by molar-refractivity contribution is 5.80. The van der Waals surface area contributed by atoms with Crippen molar-refractivity contribution in [2.75, 3.05) is 14.2 Å². The Balaban J connectivity index is 1.63. The van der Waals surface area contributed by atoms with Crippen molar-refractivity contribution in [3.05, 3.63) is 57.1 Å². The van der Waals surface area contributed by atoms with E-state index in [2.05, 4.69) is 6.08 Å². The Morgan fingerprint density at radius 1 is 0.840 bits per heavy atom. The van der Waals surface area contributed by atoms with Gasteiger partial charge in [-0.2, -0.15) is 0 Å². The highest BCUT2D eigenvalue weighted by Crippen LogP contribution is 2.49. The maximum Gasteiger partial charge on any atom is 0.314 e. The van der Waals surface area contributed by atoms with E-state index in [0.717, 1.165) is 61.2 Å². The van der Waals surface area contributed by atoms with Gasteiger partial charge in [0.25, 0.3) is 0 Å². The first-order valence-electron chi connectivity index (χ1n) is 8.90. The summed E-state index contributed by atoms with van der Waals surface area (Å²) < 4.78 is 10.8. The monoisotopic (exact) mass is 340 g/mol. The first-order valence-corrected chi connectivity index (χ1v) is 8.90. The number of allylic oxidation sites excluding steroid dienone is 6. The van der Waals surface area contributed by atoms with Crippen molar-refractivity contribution >= 4 is 5.97 Å². The van der Waals surface area contributed by atoms with Crippen LogP contribution in [0.4, 0.5) is 0 Å². The smallest absolute Gasteiger partial charge is 0.314 e. The van der Waals surface area contributed by atoms with E-state index in [1.807, 2.05) is 6.08 Å². The summed E-state index contributed by atoms with van der Waals surface area (Å²) in [4.78, 5) is 12.1. The van der Waals surface area contributed by atoms with E-state index in [4.69, 9.17) is 9.47 Å². The molecule has 0 amide bonds. The molecule has 0 saturated heterocycles. The second-order valence-electron chi connectivity index (χ2n) is 7.28. The molecule has 0 aromatic rings. The molecule has 1 atom stereocenters. The van der Waals surface area contributed by atoms with E-state index in [1.54, 1.807) is 14.2 Å². The summed E-state index contributed by atoms with van der Waals surface area (Å²) in [5, 5.41) is 9.95. The van der Waals surface area contributed by atoms with Crippen molar-refractivity contribution in [1.82, 2.24) is 0 Å². The number of aliphatic carboxylic acids is 1. The van der Waals surface area contributed by atoms with Gasteiger partial charge in [0.05, 0.1) is 31.7 Å². The highest BCUT2D eigenvalue weighted by Gasteiger charge is 2.38. The van der Waals surface area contributed by atoms with Crippen molar-refractivity contribution in [3.8, 4) is 0 Å². The third-order valence-electron chi connectivity index (χ3n) is 6.03. The molecule has 4 aliphatic rings. The van der Waals surface area contributed by atoms with Crippen LogP contribution in [0.3, 0.4) is 0 Å². The summed E-state index contributed by atoms with van der Waals surface area (Å²) in [6.07, 6.45) is 10.0. The van der Waals surface area contributed by atoms with Crippen LogP contribution in [0.5, 0.6) is 0 Å². The lowest BCUT2D eigenvalue weighted by atomic mass is 9.67. The summed E-state index contributed by atoms with van der Waals surface area (Å²) in [6.45, 7) is 0. The number of carboxylic acid groups (broad SMARTS) is 1. The molecule has 0 radical (unpaired) electrons. The fourth-order valence-corrected chi connectivity index (χ4v) is 4.72. The van der Waals surface area contributed by atoms with Gasteiger partial charge in [-0.1, -0.05) is 22.3 Å². The van der Waals surface area contributed by atoms with Crippen LogP contribution in [0.2, 0.25) is 0 Å². The van der Waals surface area contributed by atoms with E-state index < -0.39 is 11.9 Å². The number of hydrogen-bond donors (Lipinski definition) is 1. The number of carboxylic acids is 1. The number of carbonyl (C=O) groups is 1. The Bertz CT molecular complexity index is 785. The van der Waals surface area contributed by atoms with Gasteiger partial charge in [0, 0.05) is 12.8 Å². The minimum absolute atomic E-state index is 0.449. The predicted octanol–water partition coefficient (Wildman–Crippen LogP) is 4.42.